The first-order chi connectivity index (χ1) is 14.5. The van der Waals surface area contributed by atoms with E-state index in [2.05, 4.69) is 25.1 Å². The first kappa shape index (κ1) is 20.0. The van der Waals surface area contributed by atoms with Crippen LogP contribution in [-0.4, -0.2) is 63.9 Å². The third kappa shape index (κ3) is 4.33. The molecule has 30 heavy (non-hydrogen) atoms. The Morgan fingerprint density at radius 2 is 1.97 bits per heavy atom. The quantitative estimate of drug-likeness (QED) is 0.689. The highest BCUT2D eigenvalue weighted by molar-refractivity contribution is 5.93. The van der Waals surface area contributed by atoms with Crippen molar-refractivity contribution in [3.8, 4) is 0 Å². The first-order valence-corrected chi connectivity index (χ1v) is 10.2. The predicted molar refractivity (Wildman–Crippen MR) is 116 cm³/mol. The van der Waals surface area contributed by atoms with Gasteiger partial charge < -0.3 is 10.2 Å². The lowest BCUT2D eigenvalue weighted by Crippen LogP contribution is -2.51. The summed E-state index contributed by atoms with van der Waals surface area (Å²) in [6, 6.07) is 9.49. The smallest absolute Gasteiger partial charge is 0.270 e. The molecule has 1 fully saturated rings. The standard InChI is InChI=1S/C22H26N6O2/c1-16-6-8-28-20(13-16)24-14-18(22(28)30)21(29)25-17(2)15-26-9-11-27(12-10-26)19-5-3-4-7-23-19/h3-8,13-14,17H,9-12,15H2,1-2H3,(H,25,29). The van der Waals surface area contributed by atoms with E-state index in [9.17, 15) is 9.59 Å². The van der Waals surface area contributed by atoms with Gasteiger partial charge in [-0.2, -0.15) is 0 Å². The van der Waals surface area contributed by atoms with Crippen molar-refractivity contribution in [1.29, 1.82) is 0 Å². The lowest BCUT2D eigenvalue weighted by atomic mass is 10.2. The first-order valence-electron chi connectivity index (χ1n) is 10.2. The zero-order valence-electron chi connectivity index (χ0n) is 17.3. The molecule has 0 aliphatic carbocycles. The zero-order valence-corrected chi connectivity index (χ0v) is 17.3. The molecule has 0 saturated carbocycles. The second-order valence-corrected chi connectivity index (χ2v) is 7.76. The second kappa shape index (κ2) is 8.62. The fourth-order valence-corrected chi connectivity index (χ4v) is 3.77. The van der Waals surface area contributed by atoms with Crippen LogP contribution in [0.1, 0.15) is 22.8 Å². The van der Waals surface area contributed by atoms with Gasteiger partial charge in [0.25, 0.3) is 11.5 Å². The van der Waals surface area contributed by atoms with Crippen LogP contribution in [0, 0.1) is 6.92 Å². The highest BCUT2D eigenvalue weighted by Gasteiger charge is 2.21. The molecule has 0 spiro atoms. The minimum atomic E-state index is -0.387. The molecule has 8 nitrogen and oxygen atoms in total. The maximum Gasteiger partial charge on any atom is 0.270 e. The summed E-state index contributed by atoms with van der Waals surface area (Å²) in [5, 5.41) is 2.94. The second-order valence-electron chi connectivity index (χ2n) is 7.76. The van der Waals surface area contributed by atoms with Gasteiger partial charge in [0, 0.05) is 57.4 Å². The summed E-state index contributed by atoms with van der Waals surface area (Å²) in [4.78, 5) is 38.6. The Morgan fingerprint density at radius 3 is 2.70 bits per heavy atom. The van der Waals surface area contributed by atoms with Crippen molar-refractivity contribution in [3.05, 3.63) is 70.4 Å². The number of pyridine rings is 2. The van der Waals surface area contributed by atoms with Gasteiger partial charge in [-0.3, -0.25) is 18.9 Å². The lowest BCUT2D eigenvalue weighted by molar-refractivity contribution is 0.0926. The topological polar surface area (TPSA) is 82.8 Å². The van der Waals surface area contributed by atoms with Crippen LogP contribution in [-0.2, 0) is 0 Å². The highest BCUT2D eigenvalue weighted by Crippen LogP contribution is 2.12. The van der Waals surface area contributed by atoms with E-state index in [1.165, 1.54) is 10.6 Å². The van der Waals surface area contributed by atoms with Gasteiger partial charge in [-0.15, -0.1) is 0 Å². The van der Waals surface area contributed by atoms with Gasteiger partial charge in [-0.05, 0) is 43.7 Å². The van der Waals surface area contributed by atoms with Crippen LogP contribution in [0.3, 0.4) is 0 Å². The van der Waals surface area contributed by atoms with E-state index in [1.54, 1.807) is 6.20 Å². The molecule has 4 rings (SSSR count). The van der Waals surface area contributed by atoms with E-state index in [-0.39, 0.29) is 23.1 Å². The van der Waals surface area contributed by atoms with E-state index in [0.29, 0.717) is 5.65 Å². The minimum Gasteiger partial charge on any atom is -0.354 e. The number of hydrogen-bond donors (Lipinski definition) is 1. The number of rotatable bonds is 5. The van der Waals surface area contributed by atoms with Gasteiger partial charge in [-0.1, -0.05) is 6.07 Å². The molecule has 0 radical (unpaired) electrons. The third-order valence-electron chi connectivity index (χ3n) is 5.36. The van der Waals surface area contributed by atoms with E-state index in [0.717, 1.165) is 44.1 Å². The van der Waals surface area contributed by atoms with Gasteiger partial charge in [0.15, 0.2) is 0 Å². The highest BCUT2D eigenvalue weighted by atomic mass is 16.2. The SMILES string of the molecule is Cc1ccn2c(=O)c(C(=O)NC(C)CN3CCN(c4ccccn4)CC3)cnc2c1. The maximum atomic E-state index is 12.7. The number of carbonyl (C=O) groups is 1. The number of anilines is 1. The molecule has 4 heterocycles. The average Bonchev–Trinajstić information content (AvgIpc) is 2.75. The summed E-state index contributed by atoms with van der Waals surface area (Å²) in [6.45, 7) is 8.21. The van der Waals surface area contributed by atoms with Gasteiger partial charge in [0.05, 0.1) is 0 Å². The van der Waals surface area contributed by atoms with Crippen molar-refractivity contribution >= 4 is 17.4 Å². The van der Waals surface area contributed by atoms with Crippen molar-refractivity contribution in [2.24, 2.45) is 0 Å². The van der Waals surface area contributed by atoms with E-state index >= 15 is 0 Å². The molecule has 3 aromatic heterocycles. The number of fused-ring (bicyclic) bond motifs is 1. The number of nitrogens with one attached hydrogen (secondary N) is 1. The van der Waals surface area contributed by atoms with E-state index in [1.807, 2.05) is 50.4 Å². The van der Waals surface area contributed by atoms with Crippen molar-refractivity contribution < 1.29 is 4.79 Å². The fourth-order valence-electron chi connectivity index (χ4n) is 3.77. The van der Waals surface area contributed by atoms with Crippen LogP contribution in [0.15, 0.2) is 53.7 Å². The van der Waals surface area contributed by atoms with Crippen molar-refractivity contribution in [1.82, 2.24) is 24.6 Å². The summed E-state index contributed by atoms with van der Waals surface area (Å²) < 4.78 is 1.41. The number of aromatic nitrogens is 3. The maximum absolute atomic E-state index is 12.7. The molecule has 1 aliphatic rings. The van der Waals surface area contributed by atoms with Crippen molar-refractivity contribution in [3.63, 3.8) is 0 Å². The molecule has 1 saturated heterocycles. The van der Waals surface area contributed by atoms with Gasteiger partial charge in [0.2, 0.25) is 0 Å². The van der Waals surface area contributed by atoms with Crippen LogP contribution >= 0.6 is 0 Å². The predicted octanol–water partition coefficient (Wildman–Crippen LogP) is 1.34. The van der Waals surface area contributed by atoms with E-state index in [4.69, 9.17) is 0 Å². The molecule has 0 bridgehead atoms. The normalized spacial score (nSPS) is 15.9. The minimum absolute atomic E-state index is 0.0585. The van der Waals surface area contributed by atoms with Crippen LogP contribution in [0.4, 0.5) is 5.82 Å². The summed E-state index contributed by atoms with van der Waals surface area (Å²) in [5.74, 6) is 0.611. The van der Waals surface area contributed by atoms with Crippen molar-refractivity contribution in [2.75, 3.05) is 37.6 Å². The Labute approximate surface area is 175 Å². The Bertz CT molecular complexity index is 1090. The molecule has 1 amide bonds. The summed E-state index contributed by atoms with van der Waals surface area (Å²) in [5.41, 5.74) is 1.25. The summed E-state index contributed by atoms with van der Waals surface area (Å²) >= 11 is 0. The number of carbonyl (C=O) groups excluding carboxylic acids is 1. The molecule has 156 valence electrons. The number of hydrogen-bond acceptors (Lipinski definition) is 6. The summed E-state index contributed by atoms with van der Waals surface area (Å²) in [6.07, 6.45) is 4.83. The monoisotopic (exact) mass is 406 g/mol. The molecule has 1 aliphatic heterocycles. The molecule has 8 heteroatoms. The van der Waals surface area contributed by atoms with Crippen molar-refractivity contribution in [2.45, 2.75) is 19.9 Å². The largest absolute Gasteiger partial charge is 0.354 e. The molecular formula is C22H26N6O2. The Kier molecular flexibility index (Phi) is 5.76. The lowest BCUT2D eigenvalue weighted by Gasteiger charge is -2.36. The van der Waals surface area contributed by atoms with Crippen LogP contribution in [0.2, 0.25) is 0 Å². The number of nitrogens with zero attached hydrogens (tertiary/aromatic N) is 5. The van der Waals surface area contributed by atoms with Gasteiger partial charge in [-0.25, -0.2) is 9.97 Å². The van der Waals surface area contributed by atoms with Crippen LogP contribution < -0.4 is 15.8 Å². The van der Waals surface area contributed by atoms with Crippen LogP contribution in [0.5, 0.6) is 0 Å². The number of aryl methyl sites for hydroxylation is 1. The number of amides is 1. The molecule has 1 atom stereocenters. The molecule has 0 aromatic carbocycles. The Hall–Kier alpha value is -3.26. The van der Waals surface area contributed by atoms with Gasteiger partial charge in [0.1, 0.15) is 17.0 Å². The third-order valence-corrected chi connectivity index (χ3v) is 5.36. The molecular weight excluding hydrogens is 380 g/mol. The fraction of sp³-hybridized carbons (Fsp3) is 0.364. The summed E-state index contributed by atoms with van der Waals surface area (Å²) in [7, 11) is 0. The van der Waals surface area contributed by atoms with E-state index < -0.39 is 0 Å². The average molecular weight is 406 g/mol. The molecule has 3 aromatic rings. The molecule has 1 N–H and O–H groups in total. The Balaban J connectivity index is 1.34. The zero-order chi connectivity index (χ0) is 21.1. The van der Waals surface area contributed by atoms with Gasteiger partial charge >= 0.3 is 0 Å². The molecule has 1 unspecified atom stereocenters. The Morgan fingerprint density at radius 1 is 1.17 bits per heavy atom. The number of piperazine rings is 1. The van der Waals surface area contributed by atoms with Crippen LogP contribution in [0.25, 0.3) is 5.65 Å².